The van der Waals surface area contributed by atoms with E-state index < -0.39 is 0 Å². The Morgan fingerprint density at radius 2 is 1.60 bits per heavy atom. The van der Waals surface area contributed by atoms with Crippen LogP contribution < -0.4 is 10.1 Å². The van der Waals surface area contributed by atoms with E-state index in [1.165, 1.54) is 0 Å². The van der Waals surface area contributed by atoms with Crippen LogP contribution in [-0.4, -0.2) is 12.5 Å². The van der Waals surface area contributed by atoms with Crippen molar-refractivity contribution in [1.29, 1.82) is 0 Å². The van der Waals surface area contributed by atoms with E-state index in [1.54, 1.807) is 0 Å². The molecule has 1 aromatic carbocycles. The molecule has 0 saturated heterocycles. The van der Waals surface area contributed by atoms with Crippen molar-refractivity contribution in [1.82, 2.24) is 0 Å². The normalized spacial score (nSPS) is 26.0. The van der Waals surface area contributed by atoms with Crippen LogP contribution in [0, 0.1) is 17.8 Å². The third kappa shape index (κ3) is 4.75. The first-order valence-corrected chi connectivity index (χ1v) is 9.64. The van der Waals surface area contributed by atoms with E-state index in [4.69, 9.17) is 4.74 Å². The average Bonchev–Trinajstić information content (AvgIpc) is 3.29. The van der Waals surface area contributed by atoms with Crippen LogP contribution in [0.25, 0.3) is 0 Å². The van der Waals surface area contributed by atoms with Crippen LogP contribution in [0.4, 0.5) is 5.69 Å². The Bertz CT molecular complexity index is 611. The third-order valence-corrected chi connectivity index (χ3v) is 5.25. The number of rotatable bonds is 4. The quantitative estimate of drug-likeness (QED) is 0.751. The van der Waals surface area contributed by atoms with Crippen LogP contribution in [0.1, 0.15) is 45.4 Å². The number of carbonyl (C=O) groups is 1. The van der Waals surface area contributed by atoms with Crippen LogP contribution in [0.15, 0.2) is 48.6 Å². The highest BCUT2D eigenvalue weighted by molar-refractivity contribution is 5.96. The van der Waals surface area contributed by atoms with Gasteiger partial charge >= 0.3 is 0 Å². The SMILES string of the molecule is CCOc1ccccc1NC(=O)C1C2CCC=CCCC=CCCC21. The molecule has 3 rings (SSSR count). The number of amides is 1. The summed E-state index contributed by atoms with van der Waals surface area (Å²) in [5.41, 5.74) is 0.788. The number of ether oxygens (including phenoxy) is 1. The molecule has 3 heteroatoms. The average molecular weight is 339 g/mol. The fraction of sp³-hybridized carbons (Fsp3) is 0.500. The van der Waals surface area contributed by atoms with Crippen LogP contribution in [0.5, 0.6) is 5.75 Å². The van der Waals surface area contributed by atoms with Gasteiger partial charge in [-0.3, -0.25) is 4.79 Å². The molecule has 0 spiro atoms. The number of carbonyl (C=O) groups excluding carboxylic acids is 1. The van der Waals surface area contributed by atoms with E-state index in [2.05, 4.69) is 29.6 Å². The molecule has 1 saturated carbocycles. The first-order valence-electron chi connectivity index (χ1n) is 9.64. The second-order valence-electron chi connectivity index (χ2n) is 6.95. The standard InChI is InChI=1S/C22H29NO2/c1-2-25-20-16-12-11-15-19(20)23-22(24)21-17-13-9-7-5-3-4-6-8-10-14-18(17)21/h5-8,11-12,15-18,21H,2-4,9-10,13-14H2,1H3,(H,23,24). The van der Waals surface area contributed by atoms with Crippen LogP contribution in [-0.2, 0) is 4.79 Å². The minimum Gasteiger partial charge on any atom is -0.492 e. The number of hydrogen-bond acceptors (Lipinski definition) is 2. The summed E-state index contributed by atoms with van der Waals surface area (Å²) in [5.74, 6) is 2.11. The van der Waals surface area contributed by atoms with Gasteiger partial charge in [0.05, 0.1) is 12.3 Å². The third-order valence-electron chi connectivity index (χ3n) is 5.25. The predicted octanol–water partition coefficient (Wildman–Crippen LogP) is 5.35. The number of benzene rings is 1. The summed E-state index contributed by atoms with van der Waals surface area (Å²) in [7, 11) is 0. The summed E-state index contributed by atoms with van der Waals surface area (Å²) in [6.07, 6.45) is 15.8. The minimum atomic E-state index is 0.150. The van der Waals surface area contributed by atoms with Gasteiger partial charge in [0.15, 0.2) is 0 Å². The lowest BCUT2D eigenvalue weighted by atomic mass is 10.1. The van der Waals surface area contributed by atoms with E-state index in [1.807, 2.05) is 31.2 Å². The highest BCUT2D eigenvalue weighted by atomic mass is 16.5. The fourth-order valence-corrected chi connectivity index (χ4v) is 3.93. The van der Waals surface area contributed by atoms with Crippen molar-refractivity contribution in [3.05, 3.63) is 48.6 Å². The number of para-hydroxylation sites is 2. The van der Waals surface area contributed by atoms with Crippen LogP contribution in [0.3, 0.4) is 0 Å². The predicted molar refractivity (Wildman–Crippen MR) is 103 cm³/mol. The smallest absolute Gasteiger partial charge is 0.228 e. The zero-order chi connectivity index (χ0) is 17.5. The van der Waals surface area contributed by atoms with Gasteiger partial charge in [-0.2, -0.15) is 0 Å². The molecule has 2 aliphatic carbocycles. The number of allylic oxidation sites excluding steroid dienone is 4. The lowest BCUT2D eigenvalue weighted by molar-refractivity contribution is -0.117. The Labute approximate surface area is 151 Å². The van der Waals surface area contributed by atoms with E-state index in [0.717, 1.165) is 50.0 Å². The van der Waals surface area contributed by atoms with E-state index >= 15 is 0 Å². The van der Waals surface area contributed by atoms with E-state index in [9.17, 15) is 4.79 Å². The fourth-order valence-electron chi connectivity index (χ4n) is 3.93. The minimum absolute atomic E-state index is 0.150. The summed E-state index contributed by atoms with van der Waals surface area (Å²) in [4.78, 5) is 12.8. The largest absolute Gasteiger partial charge is 0.492 e. The topological polar surface area (TPSA) is 38.3 Å². The van der Waals surface area contributed by atoms with Crippen molar-refractivity contribution >= 4 is 11.6 Å². The molecule has 0 heterocycles. The molecule has 1 aromatic rings. The van der Waals surface area contributed by atoms with Gasteiger partial charge in [-0.1, -0.05) is 36.4 Å². The van der Waals surface area contributed by atoms with Gasteiger partial charge in [-0.25, -0.2) is 0 Å². The summed E-state index contributed by atoms with van der Waals surface area (Å²) in [6.45, 7) is 2.55. The molecule has 3 nitrogen and oxygen atoms in total. The van der Waals surface area contributed by atoms with Gasteiger partial charge in [0.1, 0.15) is 5.75 Å². The molecular weight excluding hydrogens is 310 g/mol. The van der Waals surface area contributed by atoms with Crippen LogP contribution >= 0.6 is 0 Å². The monoisotopic (exact) mass is 339 g/mol. The van der Waals surface area contributed by atoms with E-state index in [0.29, 0.717) is 18.4 Å². The van der Waals surface area contributed by atoms with Gasteiger partial charge in [-0.15, -0.1) is 0 Å². The highest BCUT2D eigenvalue weighted by Crippen LogP contribution is 2.52. The molecule has 2 aliphatic rings. The molecule has 1 N–H and O–H groups in total. The Hall–Kier alpha value is -2.03. The molecule has 0 bridgehead atoms. The zero-order valence-corrected chi connectivity index (χ0v) is 15.1. The molecule has 1 amide bonds. The zero-order valence-electron chi connectivity index (χ0n) is 15.1. The number of nitrogens with one attached hydrogen (secondary N) is 1. The molecule has 0 aromatic heterocycles. The molecule has 134 valence electrons. The molecule has 1 fully saturated rings. The van der Waals surface area contributed by atoms with Crippen molar-refractivity contribution in [2.75, 3.05) is 11.9 Å². The first-order chi connectivity index (χ1) is 12.3. The van der Waals surface area contributed by atoms with Gasteiger partial charge in [-0.05, 0) is 69.4 Å². The maximum Gasteiger partial charge on any atom is 0.228 e. The van der Waals surface area contributed by atoms with Crippen LogP contribution in [0.2, 0.25) is 0 Å². The molecule has 0 aliphatic heterocycles. The molecule has 25 heavy (non-hydrogen) atoms. The van der Waals surface area contributed by atoms with Gasteiger partial charge in [0.25, 0.3) is 0 Å². The molecular formula is C22H29NO2. The van der Waals surface area contributed by atoms with E-state index in [-0.39, 0.29) is 11.8 Å². The van der Waals surface area contributed by atoms with Gasteiger partial charge in [0, 0.05) is 5.92 Å². The number of fused-ring (bicyclic) bond motifs is 1. The summed E-state index contributed by atoms with van der Waals surface area (Å²) in [5, 5.41) is 3.11. The Morgan fingerprint density at radius 3 is 2.24 bits per heavy atom. The maximum atomic E-state index is 12.8. The van der Waals surface area contributed by atoms with Crippen molar-refractivity contribution in [2.45, 2.75) is 45.4 Å². The summed E-state index contributed by atoms with van der Waals surface area (Å²) in [6, 6.07) is 7.70. The highest BCUT2D eigenvalue weighted by Gasteiger charge is 2.52. The van der Waals surface area contributed by atoms with Crippen molar-refractivity contribution in [3.8, 4) is 5.75 Å². The molecule has 2 unspecified atom stereocenters. The first kappa shape index (κ1) is 17.8. The van der Waals surface area contributed by atoms with Crippen molar-refractivity contribution < 1.29 is 9.53 Å². The number of anilines is 1. The summed E-state index contributed by atoms with van der Waals surface area (Å²) < 4.78 is 5.62. The van der Waals surface area contributed by atoms with Gasteiger partial charge < -0.3 is 10.1 Å². The van der Waals surface area contributed by atoms with Crippen molar-refractivity contribution in [3.63, 3.8) is 0 Å². The Morgan fingerprint density at radius 1 is 1.00 bits per heavy atom. The van der Waals surface area contributed by atoms with Crippen molar-refractivity contribution in [2.24, 2.45) is 17.8 Å². The second-order valence-corrected chi connectivity index (χ2v) is 6.95. The maximum absolute atomic E-state index is 12.8. The Balaban J connectivity index is 1.64. The van der Waals surface area contributed by atoms with Gasteiger partial charge in [0.2, 0.25) is 5.91 Å². The Kier molecular flexibility index (Phi) is 6.32. The lowest BCUT2D eigenvalue weighted by Crippen LogP contribution is -2.16. The number of hydrogen-bond donors (Lipinski definition) is 1. The molecule has 2 atom stereocenters. The summed E-state index contributed by atoms with van der Waals surface area (Å²) >= 11 is 0. The molecule has 0 radical (unpaired) electrons. The second kappa shape index (κ2) is 8.89. The lowest BCUT2D eigenvalue weighted by Gasteiger charge is -2.11.